The van der Waals surface area contributed by atoms with E-state index in [2.05, 4.69) is 10.4 Å². The number of amides is 1. The molecule has 1 aromatic rings. The third-order valence-electron chi connectivity index (χ3n) is 1.82. The highest BCUT2D eigenvalue weighted by Crippen LogP contribution is 2.15. The molecule has 94 valence electrons. The molecule has 1 amide bonds. The van der Waals surface area contributed by atoms with Crippen LogP contribution >= 0.6 is 12.2 Å². The highest BCUT2D eigenvalue weighted by atomic mass is 32.1. The molecule has 0 radical (unpaired) electrons. The molecule has 0 fully saturated rings. The van der Waals surface area contributed by atoms with Crippen LogP contribution in [-0.2, 0) is 11.8 Å². The third kappa shape index (κ3) is 3.70. The maximum Gasteiger partial charge on any atom is 0.413 e. The van der Waals surface area contributed by atoms with Gasteiger partial charge in [-0.3, -0.25) is 10.00 Å². The lowest BCUT2D eigenvalue weighted by Crippen LogP contribution is -2.28. The third-order valence-corrected chi connectivity index (χ3v) is 2.04. The predicted octanol–water partition coefficient (Wildman–Crippen LogP) is 1.40. The number of hydrogen-bond acceptors (Lipinski definition) is 4. The number of carbonyl (C=O) groups excluding carboxylic acids is 1. The quantitative estimate of drug-likeness (QED) is 0.782. The fourth-order valence-electron chi connectivity index (χ4n) is 1.17. The second-order valence-corrected chi connectivity index (χ2v) is 4.96. The van der Waals surface area contributed by atoms with E-state index in [1.54, 1.807) is 27.8 Å². The SMILES string of the molecule is Cn1ncc(C(N)=S)c1NC(=O)OC(C)(C)C. The number of thiocarbonyl (C=S) groups is 1. The van der Waals surface area contributed by atoms with E-state index in [4.69, 9.17) is 22.7 Å². The van der Waals surface area contributed by atoms with Gasteiger partial charge in [-0.25, -0.2) is 4.79 Å². The van der Waals surface area contributed by atoms with Crippen molar-refractivity contribution in [3.8, 4) is 0 Å². The molecule has 0 saturated carbocycles. The van der Waals surface area contributed by atoms with Crippen LogP contribution in [0.25, 0.3) is 0 Å². The minimum Gasteiger partial charge on any atom is -0.444 e. The van der Waals surface area contributed by atoms with Gasteiger partial charge in [-0.1, -0.05) is 12.2 Å². The zero-order valence-electron chi connectivity index (χ0n) is 10.3. The molecule has 0 aromatic carbocycles. The molecule has 0 aliphatic rings. The van der Waals surface area contributed by atoms with Gasteiger partial charge in [0.25, 0.3) is 0 Å². The van der Waals surface area contributed by atoms with Crippen molar-refractivity contribution in [1.82, 2.24) is 9.78 Å². The standard InChI is InChI=1S/C10H16N4O2S/c1-10(2,3)16-9(15)13-8-6(7(11)17)5-12-14(8)4/h5H,1-4H3,(H2,11,17)(H,13,15). The van der Waals surface area contributed by atoms with Gasteiger partial charge < -0.3 is 10.5 Å². The number of nitrogens with two attached hydrogens (primary N) is 1. The lowest BCUT2D eigenvalue weighted by atomic mass is 10.2. The molecule has 7 heteroatoms. The summed E-state index contributed by atoms with van der Waals surface area (Å²) in [6.45, 7) is 5.35. The highest BCUT2D eigenvalue weighted by Gasteiger charge is 2.19. The van der Waals surface area contributed by atoms with Crippen LogP contribution in [0.2, 0.25) is 0 Å². The number of carbonyl (C=O) groups is 1. The fraction of sp³-hybridized carbons (Fsp3) is 0.500. The van der Waals surface area contributed by atoms with Crippen LogP contribution in [0.4, 0.5) is 10.6 Å². The Hall–Kier alpha value is -1.63. The molecule has 6 nitrogen and oxygen atoms in total. The van der Waals surface area contributed by atoms with Gasteiger partial charge in [0.15, 0.2) is 0 Å². The van der Waals surface area contributed by atoms with E-state index >= 15 is 0 Å². The summed E-state index contributed by atoms with van der Waals surface area (Å²) in [4.78, 5) is 11.8. The molecule has 0 unspecified atom stereocenters. The zero-order valence-corrected chi connectivity index (χ0v) is 11.1. The molecule has 0 saturated heterocycles. The molecule has 1 rings (SSSR count). The highest BCUT2D eigenvalue weighted by molar-refractivity contribution is 7.80. The molecule has 0 aliphatic carbocycles. The van der Waals surface area contributed by atoms with E-state index < -0.39 is 11.7 Å². The van der Waals surface area contributed by atoms with E-state index in [1.807, 2.05) is 0 Å². The van der Waals surface area contributed by atoms with E-state index in [-0.39, 0.29) is 4.99 Å². The number of ether oxygens (including phenoxy) is 1. The number of aryl methyl sites for hydroxylation is 1. The lowest BCUT2D eigenvalue weighted by molar-refractivity contribution is 0.0634. The first-order chi connectivity index (χ1) is 7.70. The molecule has 3 N–H and O–H groups in total. The van der Waals surface area contributed by atoms with Crippen molar-refractivity contribution in [3.63, 3.8) is 0 Å². The Morgan fingerprint density at radius 1 is 1.59 bits per heavy atom. The molecule has 17 heavy (non-hydrogen) atoms. The number of anilines is 1. The predicted molar refractivity (Wildman–Crippen MR) is 69.0 cm³/mol. The van der Waals surface area contributed by atoms with Crippen LogP contribution < -0.4 is 11.1 Å². The molecule has 1 heterocycles. The average molecular weight is 256 g/mol. The van der Waals surface area contributed by atoms with Crippen molar-refractivity contribution in [1.29, 1.82) is 0 Å². The van der Waals surface area contributed by atoms with Crippen molar-refractivity contribution in [2.45, 2.75) is 26.4 Å². The Morgan fingerprint density at radius 3 is 2.65 bits per heavy atom. The second kappa shape index (κ2) is 4.70. The summed E-state index contributed by atoms with van der Waals surface area (Å²) in [6, 6.07) is 0. The van der Waals surface area contributed by atoms with Crippen LogP contribution in [0.15, 0.2) is 6.20 Å². The minimum absolute atomic E-state index is 0.171. The van der Waals surface area contributed by atoms with Crippen molar-refractivity contribution in [2.24, 2.45) is 12.8 Å². The molecule has 0 bridgehead atoms. The summed E-state index contributed by atoms with van der Waals surface area (Å²) in [6.07, 6.45) is 0.924. The van der Waals surface area contributed by atoms with Crippen LogP contribution in [0.5, 0.6) is 0 Å². The van der Waals surface area contributed by atoms with E-state index in [9.17, 15) is 4.79 Å². The van der Waals surface area contributed by atoms with E-state index in [0.717, 1.165) is 0 Å². The Bertz CT molecular complexity index is 448. The molecule has 0 spiro atoms. The average Bonchev–Trinajstić information content (AvgIpc) is 2.44. The summed E-state index contributed by atoms with van der Waals surface area (Å²) in [5.74, 6) is 0.423. The van der Waals surface area contributed by atoms with Crippen LogP contribution in [-0.4, -0.2) is 26.5 Å². The molecule has 0 atom stereocenters. The summed E-state index contributed by atoms with van der Waals surface area (Å²) in [5.41, 5.74) is 5.46. The smallest absolute Gasteiger partial charge is 0.413 e. The van der Waals surface area contributed by atoms with Gasteiger partial charge in [0.05, 0.1) is 11.8 Å². The topological polar surface area (TPSA) is 82.2 Å². The Balaban J connectivity index is 2.85. The minimum atomic E-state index is -0.571. The van der Waals surface area contributed by atoms with Crippen LogP contribution in [0, 0.1) is 0 Å². The summed E-state index contributed by atoms with van der Waals surface area (Å²) in [5, 5.41) is 6.53. The lowest BCUT2D eigenvalue weighted by Gasteiger charge is -2.19. The van der Waals surface area contributed by atoms with E-state index in [0.29, 0.717) is 11.4 Å². The number of aromatic nitrogens is 2. The van der Waals surface area contributed by atoms with Gasteiger partial charge in [0.1, 0.15) is 16.4 Å². The first-order valence-electron chi connectivity index (χ1n) is 5.02. The van der Waals surface area contributed by atoms with Crippen molar-refractivity contribution in [3.05, 3.63) is 11.8 Å². The van der Waals surface area contributed by atoms with Gasteiger partial charge in [0.2, 0.25) is 0 Å². The van der Waals surface area contributed by atoms with Gasteiger partial charge in [0, 0.05) is 7.05 Å². The molecule has 1 aromatic heterocycles. The second-order valence-electron chi connectivity index (χ2n) is 4.52. The van der Waals surface area contributed by atoms with Crippen LogP contribution in [0.3, 0.4) is 0 Å². The van der Waals surface area contributed by atoms with Gasteiger partial charge in [-0.05, 0) is 20.8 Å². The Morgan fingerprint density at radius 2 is 2.18 bits per heavy atom. The summed E-state index contributed by atoms with van der Waals surface area (Å²) < 4.78 is 6.60. The van der Waals surface area contributed by atoms with Gasteiger partial charge >= 0.3 is 6.09 Å². The van der Waals surface area contributed by atoms with Crippen molar-refractivity contribution < 1.29 is 9.53 Å². The summed E-state index contributed by atoms with van der Waals surface area (Å²) in [7, 11) is 1.68. The maximum absolute atomic E-state index is 11.6. The Labute approximate surface area is 105 Å². The zero-order chi connectivity index (χ0) is 13.2. The monoisotopic (exact) mass is 256 g/mol. The van der Waals surface area contributed by atoms with Crippen LogP contribution in [0.1, 0.15) is 26.3 Å². The first kappa shape index (κ1) is 13.4. The number of hydrogen-bond donors (Lipinski definition) is 2. The fourth-order valence-corrected chi connectivity index (χ4v) is 1.32. The molecular formula is C10H16N4O2S. The molecular weight excluding hydrogens is 240 g/mol. The van der Waals surface area contributed by atoms with Crippen molar-refractivity contribution in [2.75, 3.05) is 5.32 Å². The number of nitrogens with one attached hydrogen (secondary N) is 1. The van der Waals surface area contributed by atoms with Crippen molar-refractivity contribution >= 4 is 29.1 Å². The largest absolute Gasteiger partial charge is 0.444 e. The maximum atomic E-state index is 11.6. The van der Waals surface area contributed by atoms with E-state index in [1.165, 1.54) is 10.9 Å². The summed E-state index contributed by atoms with van der Waals surface area (Å²) >= 11 is 4.86. The van der Waals surface area contributed by atoms with Gasteiger partial charge in [-0.15, -0.1) is 0 Å². The number of rotatable bonds is 2. The Kier molecular flexibility index (Phi) is 3.72. The first-order valence-corrected chi connectivity index (χ1v) is 5.43. The normalized spacial score (nSPS) is 11.1. The van der Waals surface area contributed by atoms with Gasteiger partial charge in [-0.2, -0.15) is 5.10 Å². The number of nitrogens with zero attached hydrogens (tertiary/aromatic N) is 2. The molecule has 0 aliphatic heterocycles.